The lowest BCUT2D eigenvalue weighted by molar-refractivity contribution is -0.172. The average Bonchev–Trinajstić information content (AvgIpc) is 2.39. The van der Waals surface area contributed by atoms with Gasteiger partial charge in [0.2, 0.25) is 0 Å². The molecule has 0 aromatic heterocycles. The Balaban J connectivity index is 1.98. The lowest BCUT2D eigenvalue weighted by atomic mass is 9.83. The number of hydrogen-bond donors (Lipinski definition) is 0. The van der Waals surface area contributed by atoms with E-state index in [1.165, 1.54) is 0 Å². The molecule has 2 aliphatic heterocycles. The number of rotatable bonds is 1. The molecule has 2 nitrogen and oxygen atoms in total. The van der Waals surface area contributed by atoms with Crippen molar-refractivity contribution >= 4 is 0 Å². The second-order valence-corrected chi connectivity index (χ2v) is 6.39. The summed E-state index contributed by atoms with van der Waals surface area (Å²) in [7, 11) is 0. The minimum atomic E-state index is -4.07. The first kappa shape index (κ1) is 13.1. The van der Waals surface area contributed by atoms with Crippen molar-refractivity contribution in [3.63, 3.8) is 0 Å². The highest BCUT2D eigenvalue weighted by Crippen LogP contribution is 2.41. The van der Waals surface area contributed by atoms with Crippen LogP contribution >= 0.6 is 0 Å². The van der Waals surface area contributed by atoms with Crippen LogP contribution in [0.1, 0.15) is 33.6 Å². The van der Waals surface area contributed by atoms with Crippen LogP contribution in [0.4, 0.5) is 13.2 Å². The maximum atomic E-state index is 12.5. The van der Waals surface area contributed by atoms with Crippen LogP contribution in [-0.2, 0) is 0 Å². The van der Waals surface area contributed by atoms with Gasteiger partial charge in [-0.15, -0.1) is 0 Å². The Kier molecular flexibility index (Phi) is 2.98. The normalized spacial score (nSPS) is 26.5. The molecule has 0 atom stereocenters. The SMILES string of the molecule is CC(C)(C)N1CC2(CCCN2CC(F)(F)F)C1. The van der Waals surface area contributed by atoms with Crippen LogP contribution in [0.15, 0.2) is 0 Å². The van der Waals surface area contributed by atoms with Crippen molar-refractivity contribution in [3.8, 4) is 0 Å². The van der Waals surface area contributed by atoms with Crippen molar-refractivity contribution in [2.24, 2.45) is 0 Å². The highest BCUT2D eigenvalue weighted by molar-refractivity contribution is 5.10. The zero-order valence-electron chi connectivity index (χ0n) is 10.8. The van der Waals surface area contributed by atoms with Crippen molar-refractivity contribution in [2.75, 3.05) is 26.2 Å². The van der Waals surface area contributed by atoms with Crippen molar-refractivity contribution in [1.29, 1.82) is 0 Å². The Morgan fingerprint density at radius 1 is 1.12 bits per heavy atom. The Morgan fingerprint density at radius 3 is 2.18 bits per heavy atom. The van der Waals surface area contributed by atoms with E-state index >= 15 is 0 Å². The molecule has 0 saturated carbocycles. The van der Waals surface area contributed by atoms with E-state index in [1.807, 2.05) is 0 Å². The molecule has 0 unspecified atom stereocenters. The molecule has 0 N–H and O–H groups in total. The first-order chi connectivity index (χ1) is 7.62. The van der Waals surface area contributed by atoms with E-state index < -0.39 is 12.7 Å². The van der Waals surface area contributed by atoms with Gasteiger partial charge in [-0.2, -0.15) is 13.2 Å². The van der Waals surface area contributed by atoms with Crippen LogP contribution < -0.4 is 0 Å². The van der Waals surface area contributed by atoms with E-state index in [0.29, 0.717) is 6.54 Å². The summed E-state index contributed by atoms with van der Waals surface area (Å²) in [6.07, 6.45) is -2.26. The predicted molar refractivity (Wildman–Crippen MR) is 60.9 cm³/mol. The largest absolute Gasteiger partial charge is 0.401 e. The van der Waals surface area contributed by atoms with Gasteiger partial charge in [0.15, 0.2) is 0 Å². The average molecular weight is 250 g/mol. The topological polar surface area (TPSA) is 6.48 Å². The summed E-state index contributed by atoms with van der Waals surface area (Å²) in [5.74, 6) is 0. The fourth-order valence-corrected chi connectivity index (χ4v) is 2.95. The van der Waals surface area contributed by atoms with Crippen LogP contribution in [0, 0.1) is 0 Å². The smallest absolute Gasteiger partial charge is 0.295 e. The molecule has 1 spiro atoms. The van der Waals surface area contributed by atoms with Gasteiger partial charge >= 0.3 is 6.18 Å². The first-order valence-corrected chi connectivity index (χ1v) is 6.19. The van der Waals surface area contributed by atoms with Gasteiger partial charge in [0, 0.05) is 24.2 Å². The quantitative estimate of drug-likeness (QED) is 0.705. The van der Waals surface area contributed by atoms with Gasteiger partial charge in [-0.05, 0) is 40.2 Å². The third-order valence-electron chi connectivity index (χ3n) is 4.03. The lowest BCUT2D eigenvalue weighted by Gasteiger charge is -2.57. The Hall–Kier alpha value is -0.290. The maximum absolute atomic E-state index is 12.5. The van der Waals surface area contributed by atoms with Crippen molar-refractivity contribution in [1.82, 2.24) is 9.80 Å². The third-order valence-corrected chi connectivity index (χ3v) is 4.03. The van der Waals surface area contributed by atoms with Crippen LogP contribution in [0.3, 0.4) is 0 Å². The minimum Gasteiger partial charge on any atom is -0.295 e. The van der Waals surface area contributed by atoms with Gasteiger partial charge in [0.05, 0.1) is 6.54 Å². The predicted octanol–water partition coefficient (Wildman–Crippen LogP) is 2.50. The summed E-state index contributed by atoms with van der Waals surface area (Å²) in [4.78, 5) is 3.91. The molecule has 2 saturated heterocycles. The molecule has 2 fully saturated rings. The van der Waals surface area contributed by atoms with E-state index in [0.717, 1.165) is 25.9 Å². The molecule has 100 valence electrons. The molecule has 0 radical (unpaired) electrons. The molecular formula is C12H21F3N2. The standard InChI is InChI=1S/C12H21F3N2/c1-10(2,3)17-7-11(8-17)5-4-6-16(11)9-12(13,14)15/h4-9H2,1-3H3. The maximum Gasteiger partial charge on any atom is 0.401 e. The summed E-state index contributed by atoms with van der Waals surface area (Å²) in [5.41, 5.74) is -0.124. The van der Waals surface area contributed by atoms with Crippen molar-refractivity contribution in [2.45, 2.75) is 50.9 Å². The monoisotopic (exact) mass is 250 g/mol. The number of likely N-dealkylation sites (tertiary alicyclic amines) is 2. The second-order valence-electron chi connectivity index (χ2n) is 6.39. The van der Waals surface area contributed by atoms with E-state index in [9.17, 15) is 13.2 Å². The van der Waals surface area contributed by atoms with E-state index in [1.54, 1.807) is 4.90 Å². The molecule has 0 aromatic rings. The van der Waals surface area contributed by atoms with E-state index in [4.69, 9.17) is 0 Å². The fourth-order valence-electron chi connectivity index (χ4n) is 2.95. The summed E-state index contributed by atoms with van der Waals surface area (Å²) < 4.78 is 37.5. The Labute approximate surface area is 101 Å². The van der Waals surface area contributed by atoms with Gasteiger partial charge in [0.1, 0.15) is 0 Å². The molecule has 0 bridgehead atoms. The van der Waals surface area contributed by atoms with Crippen LogP contribution in [0.5, 0.6) is 0 Å². The number of halogens is 3. The van der Waals surface area contributed by atoms with Gasteiger partial charge < -0.3 is 0 Å². The van der Waals surface area contributed by atoms with Crippen LogP contribution in [0.25, 0.3) is 0 Å². The fraction of sp³-hybridized carbons (Fsp3) is 1.00. The Morgan fingerprint density at radius 2 is 1.71 bits per heavy atom. The summed E-state index contributed by atoms with van der Waals surface area (Å²) in [6, 6.07) is 0. The molecule has 2 heterocycles. The zero-order valence-corrected chi connectivity index (χ0v) is 10.8. The molecule has 0 aliphatic carbocycles. The Bertz CT molecular complexity index is 287. The zero-order chi connectivity index (χ0) is 12.9. The van der Waals surface area contributed by atoms with Crippen molar-refractivity contribution < 1.29 is 13.2 Å². The van der Waals surface area contributed by atoms with Gasteiger partial charge in [0.25, 0.3) is 0 Å². The van der Waals surface area contributed by atoms with Crippen LogP contribution in [0.2, 0.25) is 0 Å². The molecule has 0 amide bonds. The molecular weight excluding hydrogens is 229 g/mol. The first-order valence-electron chi connectivity index (χ1n) is 6.19. The summed E-state index contributed by atoms with van der Waals surface area (Å²) >= 11 is 0. The minimum absolute atomic E-state index is 0.0672. The lowest BCUT2D eigenvalue weighted by Crippen LogP contribution is -2.72. The molecule has 0 aromatic carbocycles. The van der Waals surface area contributed by atoms with Crippen LogP contribution in [-0.4, -0.2) is 53.2 Å². The molecule has 5 heteroatoms. The highest BCUT2D eigenvalue weighted by atomic mass is 19.4. The molecule has 2 aliphatic rings. The number of alkyl halides is 3. The van der Waals surface area contributed by atoms with Gasteiger partial charge in [-0.3, -0.25) is 9.80 Å². The molecule has 17 heavy (non-hydrogen) atoms. The highest BCUT2D eigenvalue weighted by Gasteiger charge is 2.54. The summed E-state index contributed by atoms with van der Waals surface area (Å²) in [6.45, 7) is 7.76. The second kappa shape index (κ2) is 3.85. The van der Waals surface area contributed by atoms with Gasteiger partial charge in [-0.25, -0.2) is 0 Å². The third kappa shape index (κ3) is 2.60. The van der Waals surface area contributed by atoms with E-state index in [-0.39, 0.29) is 11.1 Å². The summed E-state index contributed by atoms with van der Waals surface area (Å²) in [5, 5.41) is 0. The number of hydrogen-bond acceptors (Lipinski definition) is 2. The van der Waals surface area contributed by atoms with Crippen molar-refractivity contribution in [3.05, 3.63) is 0 Å². The van der Waals surface area contributed by atoms with E-state index in [2.05, 4.69) is 25.7 Å². The van der Waals surface area contributed by atoms with Gasteiger partial charge in [-0.1, -0.05) is 0 Å². The number of nitrogens with zero attached hydrogens (tertiary/aromatic N) is 2. The molecule has 2 rings (SSSR count).